The summed E-state index contributed by atoms with van der Waals surface area (Å²) < 4.78 is 9.11. The van der Waals surface area contributed by atoms with E-state index in [1.54, 1.807) is 0 Å². The minimum absolute atomic E-state index is 1.16. The van der Waals surface area contributed by atoms with Crippen molar-refractivity contribution in [2.24, 2.45) is 0 Å². The average Bonchev–Trinajstić information content (AvgIpc) is 3.68. The van der Waals surface area contributed by atoms with Crippen LogP contribution in [0.4, 0.5) is 0 Å². The molecule has 0 amide bonds. The van der Waals surface area contributed by atoms with Gasteiger partial charge in [0.2, 0.25) is 0 Å². The van der Waals surface area contributed by atoms with Gasteiger partial charge < -0.3 is 9.13 Å². The molecule has 8 rings (SSSR count). The molecule has 0 aliphatic carbocycles. The van der Waals surface area contributed by atoms with Gasteiger partial charge in [0.1, 0.15) is 0 Å². The number of rotatable bonds is 3. The van der Waals surface area contributed by atoms with Crippen molar-refractivity contribution in [3.05, 3.63) is 128 Å². The van der Waals surface area contributed by atoms with E-state index >= 15 is 0 Å². The van der Waals surface area contributed by atoms with E-state index in [-0.39, 0.29) is 0 Å². The van der Waals surface area contributed by atoms with E-state index in [2.05, 4.69) is 135 Å². The van der Waals surface area contributed by atoms with Crippen LogP contribution in [-0.4, -0.2) is 13.5 Å². The topological polar surface area (TPSA) is 22.8 Å². The van der Waals surface area contributed by atoms with Gasteiger partial charge in [-0.15, -0.1) is 0 Å². The van der Waals surface area contributed by atoms with Gasteiger partial charge in [-0.05, 0) is 71.7 Å². The van der Waals surface area contributed by atoms with Gasteiger partial charge >= 0.3 is 0 Å². The largest absolute Gasteiger partial charge is 0.309 e. The molecule has 0 saturated carbocycles. The van der Waals surface area contributed by atoms with Crippen LogP contribution < -0.4 is 0 Å². The number of benzene rings is 5. The van der Waals surface area contributed by atoms with Crippen molar-refractivity contribution in [2.45, 2.75) is 0 Å². The number of hydrogen-bond donors (Lipinski definition) is 0. The molecular formula is C33H21N3S. The Morgan fingerprint density at radius 2 is 1.05 bits per heavy atom. The van der Waals surface area contributed by atoms with Crippen molar-refractivity contribution in [1.29, 1.82) is 0 Å². The third-order valence-electron chi connectivity index (χ3n) is 7.31. The van der Waals surface area contributed by atoms with Crippen LogP contribution in [0.2, 0.25) is 0 Å². The van der Waals surface area contributed by atoms with Gasteiger partial charge in [0.05, 0.1) is 26.9 Å². The fraction of sp³-hybridized carbons (Fsp3) is 0. The third-order valence-corrected chi connectivity index (χ3v) is 8.10. The molecule has 0 bridgehead atoms. The highest BCUT2D eigenvalue weighted by Gasteiger charge is 2.18. The Labute approximate surface area is 217 Å². The molecule has 37 heavy (non-hydrogen) atoms. The van der Waals surface area contributed by atoms with E-state index in [1.807, 2.05) is 6.20 Å². The minimum Gasteiger partial charge on any atom is -0.309 e. The lowest BCUT2D eigenvalue weighted by molar-refractivity contribution is 1.17. The van der Waals surface area contributed by atoms with Crippen LogP contribution in [0.15, 0.2) is 128 Å². The van der Waals surface area contributed by atoms with Crippen LogP contribution in [0.25, 0.3) is 65.4 Å². The van der Waals surface area contributed by atoms with Crippen molar-refractivity contribution in [3.8, 4) is 21.8 Å². The SMILES string of the molecule is c1ccc(-n2c3ccccc3c3cc4c(cc32)c2ccccc2n4-c2cccc(-c3ccns3)c2)cc1. The first kappa shape index (κ1) is 20.5. The van der Waals surface area contributed by atoms with Crippen molar-refractivity contribution in [2.75, 3.05) is 0 Å². The monoisotopic (exact) mass is 491 g/mol. The second-order valence-corrected chi connectivity index (χ2v) is 10.2. The van der Waals surface area contributed by atoms with Crippen LogP contribution >= 0.6 is 11.5 Å². The molecule has 0 N–H and O–H groups in total. The molecule has 0 saturated heterocycles. The smallest absolute Gasteiger partial charge is 0.0550 e. The molecular weight excluding hydrogens is 470 g/mol. The molecule has 3 aromatic heterocycles. The van der Waals surface area contributed by atoms with Gasteiger partial charge in [0, 0.05) is 39.1 Å². The van der Waals surface area contributed by atoms with Crippen molar-refractivity contribution >= 4 is 55.1 Å². The van der Waals surface area contributed by atoms with E-state index in [0.29, 0.717) is 0 Å². The van der Waals surface area contributed by atoms with Gasteiger partial charge in [-0.1, -0.05) is 66.7 Å². The van der Waals surface area contributed by atoms with Crippen LogP contribution in [0.5, 0.6) is 0 Å². The number of para-hydroxylation sites is 3. The Morgan fingerprint density at radius 1 is 0.459 bits per heavy atom. The number of nitrogens with zero attached hydrogens (tertiary/aromatic N) is 3. The molecule has 0 radical (unpaired) electrons. The standard InChI is InChI=1S/C33H21N3S/c1-2-10-23(11-3-1)35-29-15-6-4-13-25(29)27-21-32-28(20-31(27)35)26-14-5-7-16-30(26)36(32)24-12-8-9-22(19-24)33-17-18-34-37-33/h1-21H. The number of hydrogen-bond acceptors (Lipinski definition) is 2. The molecule has 0 aliphatic rings. The first-order valence-corrected chi connectivity index (χ1v) is 13.2. The molecule has 0 unspecified atom stereocenters. The van der Waals surface area contributed by atoms with E-state index in [1.165, 1.54) is 71.3 Å². The highest BCUT2D eigenvalue weighted by molar-refractivity contribution is 7.09. The maximum Gasteiger partial charge on any atom is 0.0550 e. The first-order chi connectivity index (χ1) is 18.4. The Kier molecular flexibility index (Phi) is 4.39. The van der Waals surface area contributed by atoms with Crippen molar-refractivity contribution in [1.82, 2.24) is 13.5 Å². The minimum atomic E-state index is 1.16. The molecule has 0 fully saturated rings. The highest BCUT2D eigenvalue weighted by Crippen LogP contribution is 2.39. The molecule has 0 atom stereocenters. The number of aromatic nitrogens is 3. The predicted octanol–water partition coefficient (Wildman–Crippen LogP) is 9.00. The van der Waals surface area contributed by atoms with Crippen molar-refractivity contribution < 1.29 is 0 Å². The zero-order chi connectivity index (χ0) is 24.3. The fourth-order valence-corrected chi connectivity index (χ4v) is 6.32. The van der Waals surface area contributed by atoms with Gasteiger partial charge in [0.15, 0.2) is 0 Å². The lowest BCUT2D eigenvalue weighted by Gasteiger charge is -2.10. The van der Waals surface area contributed by atoms with Gasteiger partial charge in [0.25, 0.3) is 0 Å². The summed E-state index contributed by atoms with van der Waals surface area (Å²) in [5.41, 5.74) is 8.39. The van der Waals surface area contributed by atoms with Gasteiger partial charge in [-0.25, -0.2) is 4.37 Å². The Balaban J connectivity index is 1.51. The van der Waals surface area contributed by atoms with Crippen LogP contribution in [-0.2, 0) is 0 Å². The second-order valence-electron chi connectivity index (χ2n) is 9.35. The lowest BCUT2D eigenvalue weighted by atomic mass is 10.1. The summed E-state index contributed by atoms with van der Waals surface area (Å²) in [6.07, 6.45) is 1.87. The van der Waals surface area contributed by atoms with E-state index < -0.39 is 0 Å². The molecule has 0 aliphatic heterocycles. The molecule has 174 valence electrons. The lowest BCUT2D eigenvalue weighted by Crippen LogP contribution is -1.94. The second kappa shape index (κ2) is 7.92. The Hall–Kier alpha value is -4.67. The maximum absolute atomic E-state index is 4.31. The summed E-state index contributed by atoms with van der Waals surface area (Å²) >= 11 is 1.53. The molecule has 3 nitrogen and oxygen atoms in total. The van der Waals surface area contributed by atoms with E-state index in [4.69, 9.17) is 0 Å². The van der Waals surface area contributed by atoms with E-state index in [0.717, 1.165) is 5.69 Å². The summed E-state index contributed by atoms with van der Waals surface area (Å²) in [6, 6.07) is 43.7. The van der Waals surface area contributed by atoms with Crippen LogP contribution in [0.1, 0.15) is 0 Å². The summed E-state index contributed by atoms with van der Waals surface area (Å²) in [4.78, 5) is 1.18. The molecule has 3 heterocycles. The zero-order valence-corrected chi connectivity index (χ0v) is 20.7. The average molecular weight is 492 g/mol. The molecule has 5 aromatic carbocycles. The quantitative estimate of drug-likeness (QED) is 0.242. The zero-order valence-electron chi connectivity index (χ0n) is 19.9. The summed E-state index contributed by atoms with van der Waals surface area (Å²) in [6.45, 7) is 0. The van der Waals surface area contributed by atoms with Crippen LogP contribution in [0, 0.1) is 0 Å². The number of fused-ring (bicyclic) bond motifs is 6. The summed E-state index contributed by atoms with van der Waals surface area (Å²) in [5, 5.41) is 5.03. The van der Waals surface area contributed by atoms with Crippen LogP contribution in [0.3, 0.4) is 0 Å². The predicted molar refractivity (Wildman–Crippen MR) is 156 cm³/mol. The Bertz CT molecular complexity index is 2080. The van der Waals surface area contributed by atoms with Gasteiger partial charge in [-0.3, -0.25) is 0 Å². The highest BCUT2D eigenvalue weighted by atomic mass is 32.1. The molecule has 0 spiro atoms. The van der Waals surface area contributed by atoms with Crippen molar-refractivity contribution in [3.63, 3.8) is 0 Å². The normalized spacial score (nSPS) is 11.8. The fourth-order valence-electron chi connectivity index (χ4n) is 5.73. The maximum atomic E-state index is 4.31. The summed E-state index contributed by atoms with van der Waals surface area (Å²) in [5.74, 6) is 0. The molecule has 8 aromatic rings. The van der Waals surface area contributed by atoms with Gasteiger partial charge in [-0.2, -0.15) is 0 Å². The molecule has 4 heteroatoms. The Morgan fingerprint density at radius 3 is 1.70 bits per heavy atom. The van der Waals surface area contributed by atoms with E-state index in [9.17, 15) is 0 Å². The third kappa shape index (κ3) is 3.03. The first-order valence-electron chi connectivity index (χ1n) is 12.4. The summed E-state index contributed by atoms with van der Waals surface area (Å²) in [7, 11) is 0.